The van der Waals surface area contributed by atoms with Gasteiger partial charge >= 0.3 is 0 Å². The third-order valence-corrected chi connectivity index (χ3v) is 5.59. The lowest BCUT2D eigenvalue weighted by atomic mass is 10.2. The monoisotopic (exact) mass is 394 g/mol. The highest BCUT2D eigenvalue weighted by molar-refractivity contribution is 7.09. The van der Waals surface area contributed by atoms with E-state index in [4.69, 9.17) is 21.1 Å². The zero-order chi connectivity index (χ0) is 18.5. The summed E-state index contributed by atoms with van der Waals surface area (Å²) in [4.78, 5) is 19.0. The van der Waals surface area contributed by atoms with Gasteiger partial charge in [0, 0.05) is 22.7 Å². The highest BCUT2D eigenvalue weighted by Gasteiger charge is 2.18. The van der Waals surface area contributed by atoms with Crippen molar-refractivity contribution in [3.63, 3.8) is 0 Å². The Bertz CT molecular complexity index is 838. The first-order valence-corrected chi connectivity index (χ1v) is 10.0. The van der Waals surface area contributed by atoms with E-state index in [1.54, 1.807) is 29.5 Å². The standard InChI is InChI=1S/C19H23ClN2O3S/c1-3-5-15-12-22(11-14-6-4-9-25-14)19(26-15)21-18(23)16-10-13(20)7-8-17(16)24-2/h7-8,10,12,14H,3-6,9,11H2,1-2H3. The summed E-state index contributed by atoms with van der Waals surface area (Å²) in [5.41, 5.74) is 0.370. The number of methoxy groups -OCH3 is 1. The molecule has 0 radical (unpaired) electrons. The number of carbonyl (C=O) groups excluding carboxylic acids is 1. The molecule has 1 unspecified atom stereocenters. The summed E-state index contributed by atoms with van der Waals surface area (Å²) in [5.74, 6) is 0.120. The Hall–Kier alpha value is -1.63. The molecule has 0 aliphatic carbocycles. The molecule has 26 heavy (non-hydrogen) atoms. The number of carbonyl (C=O) groups is 1. The molecule has 5 nitrogen and oxygen atoms in total. The van der Waals surface area contributed by atoms with Gasteiger partial charge in [-0.1, -0.05) is 24.9 Å². The van der Waals surface area contributed by atoms with Crippen molar-refractivity contribution in [2.24, 2.45) is 4.99 Å². The van der Waals surface area contributed by atoms with Crippen molar-refractivity contribution in [3.8, 4) is 5.75 Å². The molecule has 7 heteroatoms. The molecule has 2 heterocycles. The first-order valence-electron chi connectivity index (χ1n) is 8.84. The summed E-state index contributed by atoms with van der Waals surface area (Å²) >= 11 is 7.60. The summed E-state index contributed by atoms with van der Waals surface area (Å²) in [5, 5.41) is 0.481. The molecule has 1 aliphatic rings. The molecule has 1 atom stereocenters. The molecular formula is C19H23ClN2O3S. The van der Waals surface area contributed by atoms with Crippen molar-refractivity contribution in [2.75, 3.05) is 13.7 Å². The average molecular weight is 395 g/mol. The molecule has 140 valence electrons. The quantitative estimate of drug-likeness (QED) is 0.741. The Balaban J connectivity index is 1.95. The minimum absolute atomic E-state index is 0.189. The van der Waals surface area contributed by atoms with Crippen molar-refractivity contribution in [1.82, 2.24) is 4.57 Å². The van der Waals surface area contributed by atoms with Crippen molar-refractivity contribution >= 4 is 28.8 Å². The highest BCUT2D eigenvalue weighted by atomic mass is 35.5. The van der Waals surface area contributed by atoms with Gasteiger partial charge in [-0.25, -0.2) is 0 Å². The van der Waals surface area contributed by atoms with Crippen LogP contribution < -0.4 is 9.54 Å². The van der Waals surface area contributed by atoms with Gasteiger partial charge in [0.2, 0.25) is 0 Å². The highest BCUT2D eigenvalue weighted by Crippen LogP contribution is 2.23. The fourth-order valence-corrected chi connectivity index (χ4v) is 4.28. The number of benzene rings is 1. The van der Waals surface area contributed by atoms with Crippen molar-refractivity contribution < 1.29 is 14.3 Å². The van der Waals surface area contributed by atoms with Gasteiger partial charge in [-0.2, -0.15) is 4.99 Å². The summed E-state index contributed by atoms with van der Waals surface area (Å²) in [6.45, 7) is 3.67. The van der Waals surface area contributed by atoms with E-state index in [1.165, 1.54) is 12.0 Å². The van der Waals surface area contributed by atoms with E-state index in [9.17, 15) is 4.79 Å². The van der Waals surface area contributed by atoms with Crippen molar-refractivity contribution in [1.29, 1.82) is 0 Å². The second kappa shape index (κ2) is 8.84. The first-order chi connectivity index (χ1) is 12.6. The second-order valence-corrected chi connectivity index (χ2v) is 7.81. The van der Waals surface area contributed by atoms with Gasteiger partial charge in [0.1, 0.15) is 5.75 Å². The third kappa shape index (κ3) is 4.55. The average Bonchev–Trinajstić information content (AvgIpc) is 3.26. The van der Waals surface area contributed by atoms with E-state index in [0.29, 0.717) is 21.1 Å². The fraction of sp³-hybridized carbons (Fsp3) is 0.474. The van der Waals surface area contributed by atoms with Gasteiger partial charge in [-0.15, -0.1) is 11.3 Å². The number of thiazole rings is 1. The van der Waals surface area contributed by atoms with Gasteiger partial charge in [-0.05, 0) is 37.5 Å². The minimum Gasteiger partial charge on any atom is -0.496 e. The van der Waals surface area contributed by atoms with Crippen LogP contribution in [0.25, 0.3) is 0 Å². The van der Waals surface area contributed by atoms with Crippen molar-refractivity contribution in [2.45, 2.75) is 45.3 Å². The maximum atomic E-state index is 12.8. The Morgan fingerprint density at radius 3 is 3.04 bits per heavy atom. The topological polar surface area (TPSA) is 52.8 Å². The molecule has 1 fully saturated rings. The van der Waals surface area contributed by atoms with Crippen molar-refractivity contribution in [3.05, 3.63) is 44.7 Å². The van der Waals surface area contributed by atoms with Gasteiger partial charge in [0.05, 0.1) is 25.3 Å². The lowest BCUT2D eigenvalue weighted by molar-refractivity contribution is 0.0949. The molecule has 0 saturated carbocycles. The summed E-state index contributed by atoms with van der Waals surface area (Å²) in [6.07, 6.45) is 6.44. The van der Waals surface area contributed by atoms with E-state index >= 15 is 0 Å². The molecule has 2 aromatic rings. The minimum atomic E-state index is -0.352. The maximum absolute atomic E-state index is 12.8. The molecule has 1 saturated heterocycles. The van der Waals surface area contributed by atoms with Gasteiger partial charge < -0.3 is 14.0 Å². The largest absolute Gasteiger partial charge is 0.496 e. The predicted molar refractivity (Wildman–Crippen MR) is 103 cm³/mol. The predicted octanol–water partition coefficient (Wildman–Crippen LogP) is 4.08. The maximum Gasteiger partial charge on any atom is 0.283 e. The van der Waals surface area contributed by atoms with Crippen LogP contribution in [0.4, 0.5) is 0 Å². The van der Waals surface area contributed by atoms with Crippen LogP contribution in [0.5, 0.6) is 5.75 Å². The van der Waals surface area contributed by atoms with Gasteiger partial charge in [-0.3, -0.25) is 4.79 Å². The van der Waals surface area contributed by atoms with E-state index in [0.717, 1.165) is 38.8 Å². The Labute approximate surface area is 162 Å². The van der Waals surface area contributed by atoms with Crippen LogP contribution >= 0.6 is 22.9 Å². The van der Waals surface area contributed by atoms with Crippen LogP contribution in [0.3, 0.4) is 0 Å². The lowest BCUT2D eigenvalue weighted by Gasteiger charge is -2.10. The normalized spacial score (nSPS) is 17.7. The number of aromatic nitrogens is 1. The molecule has 3 rings (SSSR count). The van der Waals surface area contributed by atoms with Crippen LogP contribution in [0.1, 0.15) is 41.4 Å². The molecule has 1 aromatic carbocycles. The number of hydrogen-bond acceptors (Lipinski definition) is 4. The Morgan fingerprint density at radius 2 is 2.35 bits per heavy atom. The van der Waals surface area contributed by atoms with Crippen LogP contribution in [-0.2, 0) is 17.7 Å². The SMILES string of the molecule is CCCc1cn(CC2CCCO2)c(=NC(=O)c2cc(Cl)ccc2OC)s1. The number of rotatable bonds is 6. The zero-order valence-electron chi connectivity index (χ0n) is 15.0. The number of aryl methyl sites for hydroxylation is 1. The van der Waals surface area contributed by atoms with E-state index in [1.807, 2.05) is 4.57 Å². The molecule has 1 aliphatic heterocycles. The number of hydrogen-bond donors (Lipinski definition) is 0. The number of nitrogens with zero attached hydrogens (tertiary/aromatic N) is 2. The first kappa shape index (κ1) is 19.1. The molecule has 0 N–H and O–H groups in total. The zero-order valence-corrected chi connectivity index (χ0v) is 16.6. The lowest BCUT2D eigenvalue weighted by Crippen LogP contribution is -2.23. The van der Waals surface area contributed by atoms with Gasteiger partial charge in [0.25, 0.3) is 5.91 Å². The number of amides is 1. The summed E-state index contributed by atoms with van der Waals surface area (Å²) in [6, 6.07) is 4.97. The molecule has 0 bridgehead atoms. The molecule has 1 amide bonds. The van der Waals surface area contributed by atoms with Crippen LogP contribution in [0.2, 0.25) is 5.02 Å². The van der Waals surface area contributed by atoms with Crippen LogP contribution in [0, 0.1) is 0 Å². The van der Waals surface area contributed by atoms with E-state index < -0.39 is 0 Å². The van der Waals surface area contributed by atoms with E-state index in [-0.39, 0.29) is 12.0 Å². The number of halogens is 1. The Kier molecular flexibility index (Phi) is 6.51. The number of ether oxygens (including phenoxy) is 2. The third-order valence-electron chi connectivity index (χ3n) is 4.28. The van der Waals surface area contributed by atoms with Crippen LogP contribution in [0.15, 0.2) is 29.4 Å². The second-order valence-electron chi connectivity index (χ2n) is 6.28. The van der Waals surface area contributed by atoms with Gasteiger partial charge in [0.15, 0.2) is 4.80 Å². The Morgan fingerprint density at radius 1 is 1.50 bits per heavy atom. The molecule has 0 spiro atoms. The van der Waals surface area contributed by atoms with E-state index in [2.05, 4.69) is 18.1 Å². The van der Waals surface area contributed by atoms with Crippen LogP contribution in [-0.4, -0.2) is 30.3 Å². The summed E-state index contributed by atoms with van der Waals surface area (Å²) in [7, 11) is 1.53. The fourth-order valence-electron chi connectivity index (χ4n) is 3.01. The summed E-state index contributed by atoms with van der Waals surface area (Å²) < 4.78 is 13.1. The molecule has 1 aromatic heterocycles. The smallest absolute Gasteiger partial charge is 0.283 e. The molecular weight excluding hydrogens is 372 g/mol.